The molecule has 0 atom stereocenters. The van der Waals surface area contributed by atoms with Gasteiger partial charge in [-0.15, -0.1) is 11.3 Å². The average Bonchev–Trinajstić information content (AvgIpc) is 3.04. The Morgan fingerprint density at radius 2 is 2.00 bits per heavy atom. The molecule has 0 saturated heterocycles. The number of thiophene rings is 1. The quantitative estimate of drug-likeness (QED) is 0.298. The molecule has 30 heavy (non-hydrogen) atoms. The first-order valence-corrected chi connectivity index (χ1v) is 12.0. The maximum Gasteiger partial charge on any atom is 0.411 e. The number of hydrogen-bond acceptors (Lipinski definition) is 6. The molecule has 0 bridgehead atoms. The molecule has 0 radical (unpaired) electrons. The predicted octanol–water partition coefficient (Wildman–Crippen LogP) is 4.35. The minimum absolute atomic E-state index is 0.0222. The number of rotatable bonds is 10. The van der Waals surface area contributed by atoms with Gasteiger partial charge >= 0.3 is 6.18 Å². The van der Waals surface area contributed by atoms with Gasteiger partial charge in [0.2, 0.25) is 0 Å². The number of aromatic nitrogens is 2. The Morgan fingerprint density at radius 1 is 1.23 bits per heavy atom. The Labute approximate surface area is 182 Å². The summed E-state index contributed by atoms with van der Waals surface area (Å²) in [4.78, 5) is 22.3. The van der Waals surface area contributed by atoms with Crippen molar-refractivity contribution in [3.8, 4) is 0 Å². The molecule has 0 aromatic carbocycles. The molecule has 0 fully saturated rings. The van der Waals surface area contributed by atoms with Gasteiger partial charge < -0.3 is 9.64 Å². The molecular weight excluding hydrogens is 435 g/mol. The van der Waals surface area contributed by atoms with E-state index in [1.807, 2.05) is 14.1 Å². The Bertz CT molecular complexity index is 909. The van der Waals surface area contributed by atoms with Gasteiger partial charge in [0.25, 0.3) is 5.56 Å². The molecule has 2 aromatic heterocycles. The van der Waals surface area contributed by atoms with E-state index < -0.39 is 12.8 Å². The first kappa shape index (κ1) is 23.6. The summed E-state index contributed by atoms with van der Waals surface area (Å²) in [5.41, 5.74) is 1.20. The van der Waals surface area contributed by atoms with Crippen LogP contribution in [0.2, 0.25) is 0 Å². The van der Waals surface area contributed by atoms with Crippen molar-refractivity contribution in [3.63, 3.8) is 0 Å². The highest BCUT2D eigenvalue weighted by atomic mass is 32.2. The van der Waals surface area contributed by atoms with Crippen molar-refractivity contribution in [2.24, 2.45) is 0 Å². The van der Waals surface area contributed by atoms with Crippen molar-refractivity contribution in [3.05, 3.63) is 20.8 Å². The minimum atomic E-state index is -4.30. The van der Waals surface area contributed by atoms with Crippen LogP contribution in [0, 0.1) is 0 Å². The number of nitrogens with zero attached hydrogens (tertiary/aromatic N) is 3. The van der Waals surface area contributed by atoms with Crippen molar-refractivity contribution in [2.75, 3.05) is 39.6 Å². The van der Waals surface area contributed by atoms with E-state index in [1.165, 1.54) is 22.2 Å². The summed E-state index contributed by atoms with van der Waals surface area (Å²) in [5, 5.41) is 1.43. The lowest BCUT2D eigenvalue weighted by Crippen LogP contribution is -2.26. The van der Waals surface area contributed by atoms with Crippen LogP contribution in [-0.2, 0) is 24.1 Å². The number of halogens is 3. The van der Waals surface area contributed by atoms with Gasteiger partial charge in [-0.25, -0.2) is 4.98 Å². The van der Waals surface area contributed by atoms with Crippen molar-refractivity contribution in [1.29, 1.82) is 0 Å². The number of thioether (sulfide) groups is 1. The number of fused-ring (bicyclic) bond motifs is 3. The Kier molecular flexibility index (Phi) is 8.23. The topological polar surface area (TPSA) is 47.4 Å². The highest BCUT2D eigenvalue weighted by Crippen LogP contribution is 2.34. The molecule has 1 aliphatic carbocycles. The van der Waals surface area contributed by atoms with E-state index in [0.29, 0.717) is 23.9 Å². The molecule has 0 spiro atoms. The van der Waals surface area contributed by atoms with E-state index in [0.717, 1.165) is 48.9 Å². The molecule has 3 rings (SSSR count). The Balaban J connectivity index is 1.76. The molecule has 0 amide bonds. The average molecular weight is 464 g/mol. The summed E-state index contributed by atoms with van der Waals surface area (Å²) in [6.45, 7) is 0.254. The third kappa shape index (κ3) is 6.21. The summed E-state index contributed by atoms with van der Waals surface area (Å²) in [7, 11) is 3.99. The summed E-state index contributed by atoms with van der Waals surface area (Å²) in [6.07, 6.45) is 1.19. The Hall–Kier alpha value is -1.10. The first-order valence-electron chi connectivity index (χ1n) is 10.2. The maximum absolute atomic E-state index is 13.4. The SMILES string of the molecule is CN(C)CCCn1c(SCCCOCC(F)(F)F)nc2sc3c(c2c1=O)CCCC3. The van der Waals surface area contributed by atoms with Crippen LogP contribution in [0.5, 0.6) is 0 Å². The van der Waals surface area contributed by atoms with E-state index in [4.69, 9.17) is 4.98 Å². The van der Waals surface area contributed by atoms with E-state index in [9.17, 15) is 18.0 Å². The maximum atomic E-state index is 13.4. The second-order valence-electron chi connectivity index (χ2n) is 7.77. The van der Waals surface area contributed by atoms with Gasteiger partial charge in [-0.1, -0.05) is 11.8 Å². The molecular formula is C20H28F3N3O2S2. The number of aryl methyl sites for hydroxylation is 2. The van der Waals surface area contributed by atoms with Crippen LogP contribution in [0.3, 0.4) is 0 Å². The first-order chi connectivity index (χ1) is 14.3. The van der Waals surface area contributed by atoms with Gasteiger partial charge in [-0.05, 0) is 64.7 Å². The number of hydrogen-bond donors (Lipinski definition) is 0. The normalized spacial score (nSPS) is 14.6. The smallest absolute Gasteiger partial charge is 0.372 e. The van der Waals surface area contributed by atoms with Crippen LogP contribution in [-0.4, -0.2) is 60.2 Å². The zero-order valence-electron chi connectivity index (χ0n) is 17.4. The van der Waals surface area contributed by atoms with Crippen molar-refractivity contribution >= 4 is 33.3 Å². The van der Waals surface area contributed by atoms with Crippen molar-refractivity contribution in [2.45, 2.75) is 56.4 Å². The van der Waals surface area contributed by atoms with Crippen LogP contribution in [0.4, 0.5) is 13.2 Å². The van der Waals surface area contributed by atoms with E-state index in [2.05, 4.69) is 9.64 Å². The second kappa shape index (κ2) is 10.5. The fraction of sp³-hybridized carbons (Fsp3) is 0.700. The van der Waals surface area contributed by atoms with Gasteiger partial charge in [0.05, 0.1) is 5.39 Å². The van der Waals surface area contributed by atoms with Gasteiger partial charge in [-0.3, -0.25) is 9.36 Å². The lowest BCUT2D eigenvalue weighted by Gasteiger charge is -2.15. The summed E-state index contributed by atoms with van der Waals surface area (Å²) in [5.74, 6) is 0.550. The molecule has 2 heterocycles. The standard InChI is InChI=1S/C20H28F3N3O2S2/c1-25(2)9-5-10-26-18(27)16-14-7-3-4-8-15(14)30-17(16)24-19(26)29-12-6-11-28-13-20(21,22)23/h3-13H2,1-2H3. The van der Waals surface area contributed by atoms with Crippen LogP contribution < -0.4 is 5.56 Å². The molecule has 2 aromatic rings. The molecule has 1 aliphatic rings. The monoisotopic (exact) mass is 463 g/mol. The molecule has 0 aliphatic heterocycles. The fourth-order valence-electron chi connectivity index (χ4n) is 3.58. The van der Waals surface area contributed by atoms with Gasteiger partial charge in [0.1, 0.15) is 11.4 Å². The molecule has 5 nitrogen and oxygen atoms in total. The van der Waals surface area contributed by atoms with E-state index in [-0.39, 0.29) is 12.2 Å². The van der Waals surface area contributed by atoms with Gasteiger partial charge in [0, 0.05) is 23.8 Å². The molecule has 0 N–H and O–H groups in total. The molecule has 0 unspecified atom stereocenters. The van der Waals surface area contributed by atoms with Crippen LogP contribution in [0.15, 0.2) is 9.95 Å². The molecule has 10 heteroatoms. The zero-order chi connectivity index (χ0) is 21.7. The minimum Gasteiger partial charge on any atom is -0.372 e. The second-order valence-corrected chi connectivity index (χ2v) is 9.91. The zero-order valence-corrected chi connectivity index (χ0v) is 19.0. The largest absolute Gasteiger partial charge is 0.411 e. The summed E-state index contributed by atoms with van der Waals surface area (Å²) < 4.78 is 42.9. The van der Waals surface area contributed by atoms with Crippen molar-refractivity contribution < 1.29 is 17.9 Å². The lowest BCUT2D eigenvalue weighted by molar-refractivity contribution is -0.173. The third-order valence-electron chi connectivity index (χ3n) is 4.96. The number of ether oxygens (including phenoxy) is 1. The van der Waals surface area contributed by atoms with Gasteiger partial charge in [0.15, 0.2) is 5.16 Å². The highest BCUT2D eigenvalue weighted by molar-refractivity contribution is 7.99. The van der Waals surface area contributed by atoms with E-state index in [1.54, 1.807) is 15.9 Å². The van der Waals surface area contributed by atoms with Crippen LogP contribution in [0.25, 0.3) is 10.2 Å². The molecule has 168 valence electrons. The molecule has 0 saturated carbocycles. The van der Waals surface area contributed by atoms with Crippen LogP contribution >= 0.6 is 23.1 Å². The number of alkyl halides is 3. The van der Waals surface area contributed by atoms with Crippen molar-refractivity contribution in [1.82, 2.24) is 14.5 Å². The van der Waals surface area contributed by atoms with E-state index >= 15 is 0 Å². The van der Waals surface area contributed by atoms with Crippen LogP contribution in [0.1, 0.15) is 36.1 Å². The fourth-order valence-corrected chi connectivity index (χ4v) is 5.82. The highest BCUT2D eigenvalue weighted by Gasteiger charge is 2.27. The third-order valence-corrected chi connectivity index (χ3v) is 7.21. The predicted molar refractivity (Wildman–Crippen MR) is 116 cm³/mol. The Morgan fingerprint density at radius 3 is 2.73 bits per heavy atom. The van der Waals surface area contributed by atoms with Gasteiger partial charge in [-0.2, -0.15) is 13.2 Å². The lowest BCUT2D eigenvalue weighted by atomic mass is 9.97. The summed E-state index contributed by atoms with van der Waals surface area (Å²) in [6, 6.07) is 0. The summed E-state index contributed by atoms with van der Waals surface area (Å²) >= 11 is 3.04.